The molecule has 0 aromatic heterocycles. The summed E-state index contributed by atoms with van der Waals surface area (Å²) in [5, 5.41) is 0. The Balaban J connectivity index is 1.74. The van der Waals surface area contributed by atoms with Crippen LogP contribution in [-0.4, -0.2) is 37.0 Å². The minimum absolute atomic E-state index is 0.341. The van der Waals surface area contributed by atoms with Gasteiger partial charge < -0.3 is 9.80 Å². The van der Waals surface area contributed by atoms with Crippen LogP contribution in [0.5, 0.6) is 0 Å². The zero-order valence-electron chi connectivity index (χ0n) is 15.6. The van der Waals surface area contributed by atoms with Crippen LogP contribution in [-0.2, 0) is 4.79 Å². The smallest absolute Gasteiger partial charge is 0.227 e. The molecule has 0 unspecified atom stereocenters. The predicted molar refractivity (Wildman–Crippen MR) is 101 cm³/mol. The summed E-state index contributed by atoms with van der Waals surface area (Å²) in [6.45, 7) is 6.55. The number of rotatable bonds is 6. The lowest BCUT2D eigenvalue weighted by Gasteiger charge is -2.36. The summed E-state index contributed by atoms with van der Waals surface area (Å²) >= 11 is 0. The summed E-state index contributed by atoms with van der Waals surface area (Å²) in [5.74, 6) is 0.830. The molecule has 0 bridgehead atoms. The first-order valence-electron chi connectivity index (χ1n) is 9.73. The van der Waals surface area contributed by atoms with Crippen molar-refractivity contribution in [3.8, 4) is 0 Å². The molecule has 3 nitrogen and oxygen atoms in total. The fourth-order valence-electron chi connectivity index (χ4n) is 4.41. The molecule has 1 fully saturated rings. The standard InChI is InChI=1S/C21H32N2O/c1-4-5-6-7-8-9-21(24)23-19-11-10-16(2)14-17(19)18-15-22(3)13-12-20(18)23/h10-11,14,18,20H,4-9,12-13,15H2,1-3H3/t18-,20+/m1/s1. The highest BCUT2D eigenvalue weighted by molar-refractivity contribution is 5.96. The van der Waals surface area contributed by atoms with Gasteiger partial charge in [0.05, 0.1) is 0 Å². The number of nitrogens with zero attached hydrogens (tertiary/aromatic N) is 2. The maximum Gasteiger partial charge on any atom is 0.227 e. The largest absolute Gasteiger partial charge is 0.308 e. The van der Waals surface area contributed by atoms with Gasteiger partial charge in [0.25, 0.3) is 0 Å². The first-order valence-corrected chi connectivity index (χ1v) is 9.73. The van der Waals surface area contributed by atoms with Crippen LogP contribution in [0.2, 0.25) is 0 Å². The number of likely N-dealkylation sites (N-methyl/N-ethyl adjacent to an activating group) is 1. The molecule has 24 heavy (non-hydrogen) atoms. The van der Waals surface area contributed by atoms with Gasteiger partial charge in [0, 0.05) is 30.6 Å². The SMILES string of the molecule is CCCCCCCC(=O)N1c2ccc(C)cc2[C@H]2CN(C)CC[C@@H]21. The molecule has 0 radical (unpaired) electrons. The van der Waals surface area contributed by atoms with E-state index in [-0.39, 0.29) is 0 Å². The molecule has 2 aliphatic heterocycles. The number of likely N-dealkylation sites (tertiary alicyclic amines) is 1. The molecule has 3 heteroatoms. The van der Waals surface area contributed by atoms with E-state index in [1.54, 1.807) is 0 Å². The lowest BCUT2D eigenvalue weighted by Crippen LogP contribution is -2.47. The average Bonchev–Trinajstić information content (AvgIpc) is 2.87. The zero-order chi connectivity index (χ0) is 17.1. The van der Waals surface area contributed by atoms with E-state index in [0.29, 0.717) is 24.3 Å². The maximum atomic E-state index is 13.0. The molecule has 1 aromatic carbocycles. The zero-order valence-corrected chi connectivity index (χ0v) is 15.6. The molecule has 132 valence electrons. The van der Waals surface area contributed by atoms with E-state index in [1.807, 2.05) is 0 Å². The molecule has 0 saturated carbocycles. The Morgan fingerprint density at radius 1 is 1.21 bits per heavy atom. The van der Waals surface area contributed by atoms with Gasteiger partial charge in [0.15, 0.2) is 0 Å². The average molecular weight is 329 g/mol. The number of benzene rings is 1. The van der Waals surface area contributed by atoms with Crippen molar-refractivity contribution in [3.63, 3.8) is 0 Å². The van der Waals surface area contributed by atoms with Crippen LogP contribution in [0.3, 0.4) is 0 Å². The molecule has 0 spiro atoms. The number of carbonyl (C=O) groups excluding carboxylic acids is 1. The highest BCUT2D eigenvalue weighted by atomic mass is 16.2. The summed E-state index contributed by atoms with van der Waals surface area (Å²) in [7, 11) is 2.20. The third-order valence-electron chi connectivity index (χ3n) is 5.72. The monoisotopic (exact) mass is 328 g/mol. The van der Waals surface area contributed by atoms with Crippen LogP contribution < -0.4 is 4.90 Å². The van der Waals surface area contributed by atoms with Crippen molar-refractivity contribution in [3.05, 3.63) is 29.3 Å². The number of amides is 1. The minimum atomic E-state index is 0.341. The Morgan fingerprint density at radius 3 is 2.79 bits per heavy atom. The summed E-state index contributed by atoms with van der Waals surface area (Å²) in [5.41, 5.74) is 3.88. The Labute approximate surface area is 147 Å². The van der Waals surface area contributed by atoms with Crippen LogP contribution in [0.25, 0.3) is 0 Å². The second-order valence-corrected chi connectivity index (χ2v) is 7.71. The van der Waals surface area contributed by atoms with Gasteiger partial charge in [-0.3, -0.25) is 4.79 Å². The van der Waals surface area contributed by atoms with Crippen molar-refractivity contribution in [2.24, 2.45) is 0 Å². The highest BCUT2D eigenvalue weighted by Gasteiger charge is 2.43. The van der Waals surface area contributed by atoms with Gasteiger partial charge >= 0.3 is 0 Å². The normalized spacial score (nSPS) is 23.2. The number of carbonyl (C=O) groups is 1. The topological polar surface area (TPSA) is 23.6 Å². The molecular formula is C21H32N2O. The number of anilines is 1. The number of piperidine rings is 1. The first-order chi connectivity index (χ1) is 11.6. The Kier molecular flexibility index (Phi) is 5.60. The third kappa shape index (κ3) is 3.51. The van der Waals surface area contributed by atoms with Crippen molar-refractivity contribution in [2.75, 3.05) is 25.0 Å². The molecule has 1 aromatic rings. The van der Waals surface area contributed by atoms with E-state index in [2.05, 4.69) is 48.9 Å². The van der Waals surface area contributed by atoms with E-state index in [4.69, 9.17) is 0 Å². The van der Waals surface area contributed by atoms with Crippen LogP contribution in [0.4, 0.5) is 5.69 Å². The second-order valence-electron chi connectivity index (χ2n) is 7.71. The molecule has 0 aliphatic carbocycles. The molecule has 2 atom stereocenters. The van der Waals surface area contributed by atoms with E-state index >= 15 is 0 Å². The van der Waals surface area contributed by atoms with Gasteiger partial charge in [-0.2, -0.15) is 0 Å². The van der Waals surface area contributed by atoms with Crippen molar-refractivity contribution in [1.29, 1.82) is 0 Å². The fourth-order valence-corrected chi connectivity index (χ4v) is 4.41. The highest BCUT2D eigenvalue weighted by Crippen LogP contribution is 2.45. The second kappa shape index (κ2) is 7.69. The predicted octanol–water partition coefficient (Wildman–Crippen LogP) is 4.49. The number of unbranched alkanes of at least 4 members (excludes halogenated alkanes) is 4. The van der Waals surface area contributed by atoms with Crippen molar-refractivity contribution >= 4 is 11.6 Å². The maximum absolute atomic E-state index is 13.0. The van der Waals surface area contributed by atoms with Crippen molar-refractivity contribution in [2.45, 2.75) is 70.8 Å². The van der Waals surface area contributed by atoms with Crippen LogP contribution in [0.15, 0.2) is 18.2 Å². The molecule has 0 N–H and O–H groups in total. The molecule has 1 saturated heterocycles. The number of aryl methyl sites for hydroxylation is 1. The van der Waals surface area contributed by atoms with E-state index in [9.17, 15) is 4.79 Å². The molecular weight excluding hydrogens is 296 g/mol. The van der Waals surface area contributed by atoms with Gasteiger partial charge in [0.2, 0.25) is 5.91 Å². The first kappa shape index (κ1) is 17.5. The molecule has 3 rings (SSSR count). The quantitative estimate of drug-likeness (QED) is 0.718. The fraction of sp³-hybridized carbons (Fsp3) is 0.667. The Morgan fingerprint density at radius 2 is 2.00 bits per heavy atom. The van der Waals surface area contributed by atoms with Crippen LogP contribution in [0, 0.1) is 6.92 Å². The number of hydrogen-bond donors (Lipinski definition) is 0. The lowest BCUT2D eigenvalue weighted by molar-refractivity contribution is -0.119. The molecule has 2 aliphatic rings. The number of hydrogen-bond acceptors (Lipinski definition) is 2. The summed E-state index contributed by atoms with van der Waals surface area (Å²) in [4.78, 5) is 17.5. The number of fused-ring (bicyclic) bond motifs is 3. The van der Waals surface area contributed by atoms with Gasteiger partial charge in [0.1, 0.15) is 0 Å². The summed E-state index contributed by atoms with van der Waals surface area (Å²) in [6.07, 6.45) is 7.82. The summed E-state index contributed by atoms with van der Waals surface area (Å²) < 4.78 is 0. The third-order valence-corrected chi connectivity index (χ3v) is 5.72. The minimum Gasteiger partial charge on any atom is -0.308 e. The van der Waals surface area contributed by atoms with Gasteiger partial charge in [-0.1, -0.05) is 50.3 Å². The molecule has 2 heterocycles. The van der Waals surface area contributed by atoms with E-state index in [0.717, 1.165) is 25.9 Å². The molecule has 1 amide bonds. The van der Waals surface area contributed by atoms with E-state index in [1.165, 1.54) is 42.5 Å². The van der Waals surface area contributed by atoms with Crippen molar-refractivity contribution < 1.29 is 4.79 Å². The van der Waals surface area contributed by atoms with Crippen molar-refractivity contribution in [1.82, 2.24) is 4.90 Å². The summed E-state index contributed by atoms with van der Waals surface area (Å²) in [6, 6.07) is 7.02. The van der Waals surface area contributed by atoms with Crippen LogP contribution >= 0.6 is 0 Å². The Bertz CT molecular complexity index is 583. The van der Waals surface area contributed by atoms with Gasteiger partial charge in [-0.15, -0.1) is 0 Å². The van der Waals surface area contributed by atoms with Gasteiger partial charge in [-0.05, 0) is 45.0 Å². The lowest BCUT2D eigenvalue weighted by atomic mass is 9.89. The van der Waals surface area contributed by atoms with Crippen LogP contribution in [0.1, 0.15) is 68.9 Å². The van der Waals surface area contributed by atoms with Gasteiger partial charge in [-0.25, -0.2) is 0 Å². The Hall–Kier alpha value is -1.35. The van der Waals surface area contributed by atoms with E-state index < -0.39 is 0 Å².